The second kappa shape index (κ2) is 8.23. The minimum absolute atomic E-state index is 0.143. The lowest BCUT2D eigenvalue weighted by Crippen LogP contribution is -2.54. The molecule has 0 aromatic rings. The van der Waals surface area contributed by atoms with Gasteiger partial charge in [-0.3, -0.25) is 4.90 Å². The van der Waals surface area contributed by atoms with E-state index in [0.717, 1.165) is 13.1 Å². The Labute approximate surface area is 121 Å². The van der Waals surface area contributed by atoms with E-state index in [4.69, 9.17) is 5.73 Å². The first-order valence-corrected chi connectivity index (χ1v) is 7.52. The monoisotopic (exact) mass is 296 g/mol. The second-order valence-electron chi connectivity index (χ2n) is 6.86. The highest BCUT2D eigenvalue weighted by molar-refractivity contribution is 4.88. The van der Waals surface area contributed by atoms with Gasteiger partial charge in [0.05, 0.1) is 0 Å². The van der Waals surface area contributed by atoms with E-state index < -0.39 is 12.6 Å². The van der Waals surface area contributed by atoms with Crippen molar-refractivity contribution >= 4 is 0 Å². The zero-order valence-corrected chi connectivity index (χ0v) is 13.6. The highest BCUT2D eigenvalue weighted by Gasteiger charge is 2.33. The van der Waals surface area contributed by atoms with Gasteiger partial charge < -0.3 is 5.73 Å². The molecule has 0 fully saturated rings. The van der Waals surface area contributed by atoms with Crippen LogP contribution in [0.25, 0.3) is 0 Å². The van der Waals surface area contributed by atoms with Crippen LogP contribution in [0.5, 0.6) is 0 Å². The largest absolute Gasteiger partial charge is 0.389 e. The van der Waals surface area contributed by atoms with Crippen LogP contribution in [0.1, 0.15) is 53.9 Å². The second-order valence-corrected chi connectivity index (χ2v) is 6.86. The number of hydrogen-bond donors (Lipinski definition) is 1. The summed E-state index contributed by atoms with van der Waals surface area (Å²) in [6.45, 7) is 12.6. The molecule has 2 N–H and O–H groups in total. The van der Waals surface area contributed by atoms with E-state index in [0.29, 0.717) is 24.8 Å². The molecule has 5 heteroatoms. The van der Waals surface area contributed by atoms with Gasteiger partial charge in [0.15, 0.2) is 0 Å². The molecule has 0 amide bonds. The summed E-state index contributed by atoms with van der Waals surface area (Å²) < 4.78 is 36.9. The van der Waals surface area contributed by atoms with Gasteiger partial charge in [-0.2, -0.15) is 13.2 Å². The Balaban J connectivity index is 4.73. The molecule has 0 aromatic heterocycles. The van der Waals surface area contributed by atoms with Crippen molar-refractivity contribution < 1.29 is 13.2 Å². The fraction of sp³-hybridized carbons (Fsp3) is 1.00. The molecule has 1 unspecified atom stereocenters. The quantitative estimate of drug-likeness (QED) is 0.695. The number of halogens is 3. The van der Waals surface area contributed by atoms with Gasteiger partial charge in [-0.05, 0) is 31.6 Å². The highest BCUT2D eigenvalue weighted by atomic mass is 19.4. The minimum atomic E-state index is -4.07. The molecule has 0 bridgehead atoms. The van der Waals surface area contributed by atoms with E-state index >= 15 is 0 Å². The Morgan fingerprint density at radius 1 is 0.950 bits per heavy atom. The summed E-state index contributed by atoms with van der Waals surface area (Å²) in [4.78, 5) is 2.28. The van der Waals surface area contributed by atoms with Gasteiger partial charge in [-0.25, -0.2) is 0 Å². The van der Waals surface area contributed by atoms with Crippen LogP contribution in [0.2, 0.25) is 0 Å². The molecule has 0 saturated carbocycles. The molecule has 0 heterocycles. The molecule has 0 rings (SSSR count). The fourth-order valence-electron chi connectivity index (χ4n) is 2.46. The van der Waals surface area contributed by atoms with Crippen molar-refractivity contribution in [1.29, 1.82) is 0 Å². The standard InChI is InChI=1S/C15H31F3N2/c1-12(2)9-20(10-13(3)4)14(5,11-19)7-6-8-15(16,17)18/h12-13H,6-11,19H2,1-5H3. The molecule has 0 aliphatic heterocycles. The number of rotatable bonds is 9. The van der Waals surface area contributed by atoms with E-state index in [1.165, 1.54) is 0 Å². The van der Waals surface area contributed by atoms with Crippen molar-refractivity contribution in [3.05, 3.63) is 0 Å². The molecule has 0 aromatic carbocycles. The lowest BCUT2D eigenvalue weighted by Gasteiger charge is -2.43. The molecule has 0 aliphatic carbocycles. The predicted molar refractivity (Wildman–Crippen MR) is 78.6 cm³/mol. The summed E-state index contributed by atoms with van der Waals surface area (Å²) in [6, 6.07) is 0. The molecule has 2 nitrogen and oxygen atoms in total. The third-order valence-corrected chi connectivity index (χ3v) is 3.55. The van der Waals surface area contributed by atoms with Gasteiger partial charge in [0, 0.05) is 31.6 Å². The first kappa shape index (κ1) is 19.7. The molecule has 122 valence electrons. The Morgan fingerprint density at radius 3 is 1.70 bits per heavy atom. The summed E-state index contributed by atoms with van der Waals surface area (Å²) >= 11 is 0. The van der Waals surface area contributed by atoms with Crippen LogP contribution in [-0.4, -0.2) is 36.2 Å². The molecule has 0 saturated heterocycles. The van der Waals surface area contributed by atoms with Crippen molar-refractivity contribution in [2.24, 2.45) is 17.6 Å². The summed E-state index contributed by atoms with van der Waals surface area (Å²) in [5.41, 5.74) is 5.54. The van der Waals surface area contributed by atoms with Gasteiger partial charge in [-0.1, -0.05) is 27.7 Å². The van der Waals surface area contributed by atoms with Crippen LogP contribution < -0.4 is 5.73 Å². The topological polar surface area (TPSA) is 29.3 Å². The smallest absolute Gasteiger partial charge is 0.329 e. The third kappa shape index (κ3) is 8.10. The van der Waals surface area contributed by atoms with E-state index in [1.807, 2.05) is 6.92 Å². The SMILES string of the molecule is CC(C)CN(CC(C)C)C(C)(CN)CCCC(F)(F)F. The van der Waals surface area contributed by atoms with Gasteiger partial charge >= 0.3 is 6.18 Å². The maximum Gasteiger partial charge on any atom is 0.389 e. The maximum atomic E-state index is 12.3. The van der Waals surface area contributed by atoms with Crippen molar-refractivity contribution in [2.75, 3.05) is 19.6 Å². The Morgan fingerprint density at radius 2 is 1.40 bits per heavy atom. The van der Waals surface area contributed by atoms with Crippen LogP contribution in [0.3, 0.4) is 0 Å². The molecular formula is C15H31F3N2. The van der Waals surface area contributed by atoms with Gasteiger partial charge in [0.1, 0.15) is 0 Å². The lowest BCUT2D eigenvalue weighted by molar-refractivity contribution is -0.137. The summed E-state index contributed by atoms with van der Waals surface area (Å²) in [5.74, 6) is 0.949. The van der Waals surface area contributed by atoms with Crippen molar-refractivity contribution in [3.63, 3.8) is 0 Å². The van der Waals surface area contributed by atoms with Crippen LogP contribution in [-0.2, 0) is 0 Å². The van der Waals surface area contributed by atoms with Crippen molar-refractivity contribution in [1.82, 2.24) is 4.90 Å². The number of nitrogens with two attached hydrogens (primary N) is 1. The van der Waals surface area contributed by atoms with Gasteiger partial charge in [0.2, 0.25) is 0 Å². The van der Waals surface area contributed by atoms with E-state index in [1.54, 1.807) is 0 Å². The first-order chi connectivity index (χ1) is 9.00. The maximum absolute atomic E-state index is 12.3. The van der Waals surface area contributed by atoms with E-state index in [2.05, 4.69) is 32.6 Å². The first-order valence-electron chi connectivity index (χ1n) is 7.52. The minimum Gasteiger partial charge on any atom is -0.329 e. The molecular weight excluding hydrogens is 265 g/mol. The zero-order chi connectivity index (χ0) is 16.0. The molecule has 1 atom stereocenters. The number of nitrogens with zero attached hydrogens (tertiary/aromatic N) is 1. The average molecular weight is 296 g/mol. The van der Waals surface area contributed by atoms with E-state index in [9.17, 15) is 13.2 Å². The van der Waals surface area contributed by atoms with Crippen LogP contribution in [0.15, 0.2) is 0 Å². The lowest BCUT2D eigenvalue weighted by atomic mass is 9.90. The molecule has 0 aliphatic rings. The normalized spacial score (nSPS) is 16.2. The van der Waals surface area contributed by atoms with Crippen molar-refractivity contribution in [2.45, 2.75) is 65.6 Å². The Kier molecular flexibility index (Phi) is 8.11. The fourth-order valence-corrected chi connectivity index (χ4v) is 2.46. The Bertz CT molecular complexity index is 254. The van der Waals surface area contributed by atoms with Crippen LogP contribution in [0, 0.1) is 11.8 Å². The highest BCUT2D eigenvalue weighted by Crippen LogP contribution is 2.28. The van der Waals surface area contributed by atoms with Gasteiger partial charge in [0.25, 0.3) is 0 Å². The predicted octanol–water partition coefficient (Wildman–Crippen LogP) is 4.05. The van der Waals surface area contributed by atoms with E-state index in [-0.39, 0.29) is 12.0 Å². The Hall–Kier alpha value is -0.290. The summed E-state index contributed by atoms with van der Waals surface area (Å²) in [6.07, 6.45) is -4.16. The number of alkyl halides is 3. The summed E-state index contributed by atoms with van der Waals surface area (Å²) in [5, 5.41) is 0. The summed E-state index contributed by atoms with van der Waals surface area (Å²) in [7, 11) is 0. The van der Waals surface area contributed by atoms with Crippen LogP contribution in [0.4, 0.5) is 13.2 Å². The van der Waals surface area contributed by atoms with Gasteiger partial charge in [-0.15, -0.1) is 0 Å². The van der Waals surface area contributed by atoms with Crippen LogP contribution >= 0.6 is 0 Å². The van der Waals surface area contributed by atoms with Crippen molar-refractivity contribution in [3.8, 4) is 0 Å². The zero-order valence-electron chi connectivity index (χ0n) is 13.6. The molecule has 20 heavy (non-hydrogen) atoms. The molecule has 0 spiro atoms. The average Bonchev–Trinajstić information content (AvgIpc) is 2.24. The third-order valence-electron chi connectivity index (χ3n) is 3.55. The molecule has 0 radical (unpaired) electrons. The number of hydrogen-bond acceptors (Lipinski definition) is 2.